The highest BCUT2D eigenvalue weighted by molar-refractivity contribution is 14.0. The summed E-state index contributed by atoms with van der Waals surface area (Å²) in [6.07, 6.45) is 0. The van der Waals surface area contributed by atoms with Gasteiger partial charge in [0.05, 0.1) is 18.0 Å². The van der Waals surface area contributed by atoms with Gasteiger partial charge in [-0.05, 0) is 0 Å². The fourth-order valence-electron chi connectivity index (χ4n) is 2.02. The van der Waals surface area contributed by atoms with Gasteiger partial charge in [0.1, 0.15) is 0 Å². The summed E-state index contributed by atoms with van der Waals surface area (Å²) in [6, 6.07) is 0. The van der Waals surface area contributed by atoms with Crippen molar-refractivity contribution < 1.29 is 8.42 Å². The molecule has 0 radical (unpaired) electrons. The lowest BCUT2D eigenvalue weighted by molar-refractivity contribution is 0.445. The van der Waals surface area contributed by atoms with Gasteiger partial charge in [-0.25, -0.2) is 17.7 Å². The summed E-state index contributed by atoms with van der Waals surface area (Å²) in [5.74, 6) is 0.598. The first-order valence-electron chi connectivity index (χ1n) is 7.88. The van der Waals surface area contributed by atoms with Crippen molar-refractivity contribution in [3.05, 3.63) is 11.1 Å². The molecule has 0 saturated carbocycles. The quantitative estimate of drug-likeness (QED) is 0.298. The van der Waals surface area contributed by atoms with E-state index in [1.54, 1.807) is 18.4 Å². The molecule has 0 aliphatic heterocycles. The molecule has 25 heavy (non-hydrogen) atoms. The molecule has 0 unspecified atom stereocenters. The van der Waals surface area contributed by atoms with E-state index in [-0.39, 0.29) is 29.7 Å². The predicted molar refractivity (Wildman–Crippen MR) is 117 cm³/mol. The highest BCUT2D eigenvalue weighted by Gasteiger charge is 2.18. The number of aromatic nitrogens is 1. The summed E-state index contributed by atoms with van der Waals surface area (Å²) in [5.41, 5.74) is 0.919. The Labute approximate surface area is 172 Å². The van der Waals surface area contributed by atoms with E-state index in [0.717, 1.165) is 10.8 Å². The Morgan fingerprint density at radius 2 is 1.92 bits per heavy atom. The second-order valence-electron chi connectivity index (χ2n) is 5.27. The van der Waals surface area contributed by atoms with Gasteiger partial charge in [0.2, 0.25) is 10.0 Å². The van der Waals surface area contributed by atoms with E-state index in [0.29, 0.717) is 32.1 Å². The van der Waals surface area contributed by atoms with Crippen LogP contribution in [-0.4, -0.2) is 70.2 Å². The summed E-state index contributed by atoms with van der Waals surface area (Å²) in [4.78, 5) is 10.5. The summed E-state index contributed by atoms with van der Waals surface area (Å²) < 4.78 is 25.7. The normalized spacial score (nSPS) is 12.0. The van der Waals surface area contributed by atoms with Gasteiger partial charge in [0.25, 0.3) is 0 Å². The van der Waals surface area contributed by atoms with Gasteiger partial charge in [-0.2, -0.15) is 0 Å². The van der Waals surface area contributed by atoms with E-state index >= 15 is 0 Å². The van der Waals surface area contributed by atoms with Gasteiger partial charge < -0.3 is 15.5 Å². The van der Waals surface area contributed by atoms with Crippen LogP contribution in [0, 0.1) is 0 Å². The standard InChI is InChI=1S/C14H28N6O2S2.HI/c1-6-20(7-2)24(21,22)9-8-16-13(15-3)17-10-12-11-23-14(18-12)19(4)5;/h11H,6-10H2,1-5H3,(H2,15,16,17);1H. The lowest BCUT2D eigenvalue weighted by atomic mass is 10.5. The zero-order valence-corrected chi connectivity index (χ0v) is 19.4. The van der Waals surface area contributed by atoms with Crippen LogP contribution in [0.1, 0.15) is 19.5 Å². The third-order valence-electron chi connectivity index (χ3n) is 3.33. The Kier molecular flexibility index (Phi) is 11.5. The van der Waals surface area contributed by atoms with Crippen LogP contribution in [-0.2, 0) is 16.6 Å². The second-order valence-corrected chi connectivity index (χ2v) is 8.19. The van der Waals surface area contributed by atoms with E-state index in [1.165, 1.54) is 4.31 Å². The van der Waals surface area contributed by atoms with Crippen LogP contribution in [0.25, 0.3) is 0 Å². The molecule has 1 rings (SSSR count). The Balaban J connectivity index is 0.00000576. The first kappa shape index (κ1) is 24.3. The average molecular weight is 504 g/mol. The summed E-state index contributed by atoms with van der Waals surface area (Å²) in [7, 11) is 2.33. The van der Waals surface area contributed by atoms with Crippen molar-refractivity contribution in [2.45, 2.75) is 20.4 Å². The van der Waals surface area contributed by atoms with Crippen LogP contribution >= 0.6 is 35.3 Å². The molecule has 0 aliphatic rings. The van der Waals surface area contributed by atoms with Crippen LogP contribution in [0.4, 0.5) is 5.13 Å². The van der Waals surface area contributed by atoms with Crippen molar-refractivity contribution >= 4 is 56.4 Å². The molecule has 1 aromatic rings. The molecule has 0 bridgehead atoms. The van der Waals surface area contributed by atoms with Crippen LogP contribution < -0.4 is 15.5 Å². The predicted octanol–water partition coefficient (Wildman–Crippen LogP) is 1.16. The molecule has 1 heterocycles. The van der Waals surface area contributed by atoms with Crippen LogP contribution in [0.2, 0.25) is 0 Å². The maximum absolute atomic E-state index is 12.1. The third-order valence-corrected chi connectivity index (χ3v) is 6.41. The minimum absolute atomic E-state index is 0. The van der Waals surface area contributed by atoms with Crippen molar-refractivity contribution in [2.24, 2.45) is 4.99 Å². The molecule has 0 aliphatic carbocycles. The first-order chi connectivity index (χ1) is 11.3. The number of anilines is 1. The van der Waals surface area contributed by atoms with E-state index < -0.39 is 10.0 Å². The SMILES string of the molecule is CCN(CC)S(=O)(=O)CCNC(=NC)NCc1csc(N(C)C)n1.I. The zero-order valence-electron chi connectivity index (χ0n) is 15.4. The van der Waals surface area contributed by atoms with Gasteiger partial charge in [-0.3, -0.25) is 4.99 Å². The maximum Gasteiger partial charge on any atom is 0.215 e. The van der Waals surface area contributed by atoms with Gasteiger partial charge in [0, 0.05) is 46.2 Å². The maximum atomic E-state index is 12.1. The fraction of sp³-hybridized carbons (Fsp3) is 0.714. The molecular formula is C14H29IN6O2S2. The number of guanidine groups is 1. The Hall–Kier alpha value is -0.660. The first-order valence-corrected chi connectivity index (χ1v) is 10.4. The van der Waals surface area contributed by atoms with E-state index in [2.05, 4.69) is 20.6 Å². The smallest absolute Gasteiger partial charge is 0.215 e. The number of nitrogens with one attached hydrogen (secondary N) is 2. The monoisotopic (exact) mass is 504 g/mol. The Morgan fingerprint density at radius 3 is 2.40 bits per heavy atom. The number of nitrogens with zero attached hydrogens (tertiary/aromatic N) is 4. The molecule has 0 fully saturated rings. The number of halogens is 1. The Bertz CT molecular complexity index is 629. The zero-order chi connectivity index (χ0) is 18.2. The lowest BCUT2D eigenvalue weighted by Gasteiger charge is -2.19. The average Bonchev–Trinajstić information content (AvgIpc) is 3.00. The topological polar surface area (TPSA) is 89.9 Å². The summed E-state index contributed by atoms with van der Waals surface area (Å²) in [5, 5.41) is 9.10. The van der Waals surface area contributed by atoms with E-state index in [9.17, 15) is 8.42 Å². The number of hydrogen-bond donors (Lipinski definition) is 2. The minimum atomic E-state index is -3.23. The van der Waals surface area contributed by atoms with Gasteiger partial charge in [-0.1, -0.05) is 13.8 Å². The molecule has 0 aromatic carbocycles. The molecule has 0 atom stereocenters. The molecule has 1 aromatic heterocycles. The van der Waals surface area contributed by atoms with E-state index in [1.807, 2.05) is 38.2 Å². The van der Waals surface area contributed by atoms with Gasteiger partial charge in [0.15, 0.2) is 11.1 Å². The molecule has 0 amide bonds. The van der Waals surface area contributed by atoms with Gasteiger partial charge in [-0.15, -0.1) is 35.3 Å². The van der Waals surface area contributed by atoms with Crippen LogP contribution in [0.15, 0.2) is 10.4 Å². The number of aliphatic imine (C=N–C) groups is 1. The second kappa shape index (κ2) is 11.9. The fourth-order valence-corrected chi connectivity index (χ4v) is 4.19. The van der Waals surface area contributed by atoms with Crippen molar-refractivity contribution in [3.63, 3.8) is 0 Å². The highest BCUT2D eigenvalue weighted by atomic mass is 127. The molecule has 146 valence electrons. The van der Waals surface area contributed by atoms with Crippen LogP contribution in [0.5, 0.6) is 0 Å². The number of rotatable bonds is 9. The molecule has 11 heteroatoms. The summed E-state index contributed by atoms with van der Waals surface area (Å²) >= 11 is 1.58. The number of thiazole rings is 1. The number of sulfonamides is 1. The van der Waals surface area contributed by atoms with Gasteiger partial charge >= 0.3 is 0 Å². The molecule has 0 saturated heterocycles. The number of hydrogen-bond acceptors (Lipinski definition) is 6. The molecule has 8 nitrogen and oxygen atoms in total. The van der Waals surface area contributed by atoms with Crippen molar-refractivity contribution in [3.8, 4) is 0 Å². The van der Waals surface area contributed by atoms with Crippen molar-refractivity contribution in [1.82, 2.24) is 19.9 Å². The lowest BCUT2D eigenvalue weighted by Crippen LogP contribution is -2.41. The largest absolute Gasteiger partial charge is 0.355 e. The van der Waals surface area contributed by atoms with Crippen molar-refractivity contribution in [2.75, 3.05) is 51.4 Å². The minimum Gasteiger partial charge on any atom is -0.355 e. The van der Waals surface area contributed by atoms with Crippen molar-refractivity contribution in [1.29, 1.82) is 0 Å². The molecule has 0 spiro atoms. The summed E-state index contributed by atoms with van der Waals surface area (Å²) in [6.45, 7) is 5.49. The molecular weight excluding hydrogens is 475 g/mol. The highest BCUT2D eigenvalue weighted by Crippen LogP contribution is 2.17. The van der Waals surface area contributed by atoms with Crippen LogP contribution in [0.3, 0.4) is 0 Å². The third kappa shape index (κ3) is 8.05. The van der Waals surface area contributed by atoms with E-state index in [4.69, 9.17) is 0 Å². The Morgan fingerprint density at radius 1 is 1.28 bits per heavy atom. The molecule has 2 N–H and O–H groups in total.